The molecule has 4 aromatic rings. The number of nitrogens with one attached hydrogen (secondary N) is 2. The van der Waals surface area contributed by atoms with E-state index >= 15 is 0 Å². The number of rotatable bonds is 8. The maximum atomic E-state index is 11.0. The van der Waals surface area contributed by atoms with Crippen LogP contribution in [0.3, 0.4) is 0 Å². The summed E-state index contributed by atoms with van der Waals surface area (Å²) in [5, 5.41) is 24.1. The molecule has 174 valence electrons. The first-order chi connectivity index (χ1) is 16.3. The van der Waals surface area contributed by atoms with E-state index in [0.717, 1.165) is 28.7 Å². The molecule has 0 atom stereocenters. The molecule has 0 saturated heterocycles. The Bertz CT molecular complexity index is 1360. The lowest BCUT2D eigenvalue weighted by atomic mass is 10.00. The molecular formula is C26H25ClN4O3. The highest BCUT2D eigenvalue weighted by molar-refractivity contribution is 6.31. The zero-order valence-electron chi connectivity index (χ0n) is 18.8. The van der Waals surface area contributed by atoms with Gasteiger partial charge in [-0.25, -0.2) is 4.99 Å². The van der Waals surface area contributed by atoms with E-state index in [1.165, 1.54) is 0 Å². The van der Waals surface area contributed by atoms with Crippen molar-refractivity contribution in [2.75, 3.05) is 26.0 Å². The third-order valence-corrected chi connectivity index (χ3v) is 5.47. The van der Waals surface area contributed by atoms with Crippen LogP contribution in [0.25, 0.3) is 10.9 Å². The number of aliphatic carboxylic acids is 1. The van der Waals surface area contributed by atoms with Gasteiger partial charge in [-0.2, -0.15) is 0 Å². The van der Waals surface area contributed by atoms with E-state index in [1.807, 2.05) is 62.6 Å². The van der Waals surface area contributed by atoms with Crippen LogP contribution in [0, 0.1) is 0 Å². The summed E-state index contributed by atoms with van der Waals surface area (Å²) in [7, 11) is 4.03. The van der Waals surface area contributed by atoms with Gasteiger partial charge in [0.15, 0.2) is 5.88 Å². The highest BCUT2D eigenvalue weighted by Gasteiger charge is 2.19. The molecule has 8 heteroatoms. The standard InChI is InChI=1S/C26H25ClN4O3/c1-31(2)15-16-6-9-19(10-7-16)29-25(17-4-3-5-20(12-17)28-14-23(32)33)24-21-11-8-18(27)13-22(21)30-26(24)34/h3-13,28,30,34H,14-15H2,1-2H3,(H,32,33). The summed E-state index contributed by atoms with van der Waals surface area (Å²) in [5.74, 6) is -0.979. The first-order valence-electron chi connectivity index (χ1n) is 10.7. The summed E-state index contributed by atoms with van der Waals surface area (Å²) < 4.78 is 0. The lowest BCUT2D eigenvalue weighted by molar-refractivity contribution is -0.134. The number of aliphatic imine (C=N–C) groups is 1. The molecule has 4 rings (SSSR count). The molecule has 0 unspecified atom stereocenters. The molecule has 34 heavy (non-hydrogen) atoms. The molecule has 0 fully saturated rings. The number of benzene rings is 3. The minimum Gasteiger partial charge on any atom is -0.494 e. The van der Waals surface area contributed by atoms with Crippen molar-refractivity contribution in [2.24, 2.45) is 4.99 Å². The predicted molar refractivity (Wildman–Crippen MR) is 137 cm³/mol. The second-order valence-electron chi connectivity index (χ2n) is 8.23. The number of aromatic nitrogens is 1. The highest BCUT2D eigenvalue weighted by Crippen LogP contribution is 2.33. The molecule has 0 radical (unpaired) electrons. The summed E-state index contributed by atoms with van der Waals surface area (Å²) in [6.45, 7) is 0.609. The zero-order valence-corrected chi connectivity index (χ0v) is 19.6. The number of carboxylic acids is 1. The van der Waals surface area contributed by atoms with Crippen molar-refractivity contribution in [1.29, 1.82) is 0 Å². The maximum absolute atomic E-state index is 11.0. The van der Waals surface area contributed by atoms with Gasteiger partial charge in [0.25, 0.3) is 0 Å². The third kappa shape index (κ3) is 5.39. The van der Waals surface area contributed by atoms with Gasteiger partial charge in [0, 0.05) is 28.2 Å². The molecule has 1 aromatic heterocycles. The van der Waals surface area contributed by atoms with E-state index in [1.54, 1.807) is 18.2 Å². The second kappa shape index (κ2) is 9.99. The largest absolute Gasteiger partial charge is 0.494 e. The number of carboxylic acid groups (broad SMARTS) is 1. The van der Waals surface area contributed by atoms with Gasteiger partial charge in [-0.1, -0.05) is 41.9 Å². The van der Waals surface area contributed by atoms with Crippen molar-refractivity contribution >= 4 is 45.6 Å². The molecule has 0 spiro atoms. The first-order valence-corrected chi connectivity index (χ1v) is 11.1. The lowest BCUT2D eigenvalue weighted by Crippen LogP contribution is -2.13. The van der Waals surface area contributed by atoms with E-state index in [9.17, 15) is 9.90 Å². The Morgan fingerprint density at radius 2 is 1.85 bits per heavy atom. The Kier molecular flexibility index (Phi) is 6.86. The van der Waals surface area contributed by atoms with Crippen LogP contribution >= 0.6 is 11.6 Å². The molecule has 0 aliphatic carbocycles. The van der Waals surface area contributed by atoms with Gasteiger partial charge < -0.3 is 25.4 Å². The number of nitrogens with zero attached hydrogens (tertiary/aromatic N) is 2. The van der Waals surface area contributed by atoms with Crippen molar-refractivity contribution in [3.63, 3.8) is 0 Å². The molecule has 3 aromatic carbocycles. The monoisotopic (exact) mass is 476 g/mol. The number of hydrogen-bond acceptors (Lipinski definition) is 5. The number of fused-ring (bicyclic) bond motifs is 1. The number of aromatic amines is 1. The average Bonchev–Trinajstić information content (AvgIpc) is 3.11. The number of carbonyl (C=O) groups is 1. The summed E-state index contributed by atoms with van der Waals surface area (Å²) >= 11 is 6.15. The molecule has 1 heterocycles. The van der Waals surface area contributed by atoms with E-state index in [2.05, 4.69) is 15.2 Å². The summed E-state index contributed by atoms with van der Waals surface area (Å²) in [5.41, 5.74) is 5.02. The van der Waals surface area contributed by atoms with Crippen molar-refractivity contribution < 1.29 is 15.0 Å². The van der Waals surface area contributed by atoms with Crippen LogP contribution in [0.1, 0.15) is 16.7 Å². The van der Waals surface area contributed by atoms with Crippen LogP contribution < -0.4 is 5.32 Å². The quantitative estimate of drug-likeness (QED) is 0.260. The van der Waals surface area contributed by atoms with Crippen molar-refractivity contribution in [1.82, 2.24) is 9.88 Å². The number of hydrogen-bond donors (Lipinski definition) is 4. The molecule has 0 bridgehead atoms. The highest BCUT2D eigenvalue weighted by atomic mass is 35.5. The molecular weight excluding hydrogens is 452 g/mol. The van der Waals surface area contributed by atoms with E-state index in [4.69, 9.17) is 21.7 Å². The Balaban J connectivity index is 1.84. The SMILES string of the molecule is CN(C)Cc1ccc(N=C(c2cccc(NCC(=O)O)c2)c2c(O)[nH]c3cc(Cl)ccc23)cc1. The molecule has 0 saturated carbocycles. The smallest absolute Gasteiger partial charge is 0.322 e. The number of H-pyrrole nitrogens is 1. The predicted octanol–water partition coefficient (Wildman–Crippen LogP) is 5.25. The van der Waals surface area contributed by atoms with E-state index < -0.39 is 5.97 Å². The van der Waals surface area contributed by atoms with Crippen molar-refractivity contribution in [3.05, 3.63) is 88.4 Å². The first kappa shape index (κ1) is 23.4. The Morgan fingerprint density at radius 1 is 1.09 bits per heavy atom. The number of aromatic hydroxyl groups is 1. The minimum absolute atomic E-state index is 0.0239. The van der Waals surface area contributed by atoms with Crippen LogP contribution in [-0.4, -0.2) is 52.4 Å². The summed E-state index contributed by atoms with van der Waals surface area (Å²) in [6.07, 6.45) is 0. The van der Waals surface area contributed by atoms with Gasteiger partial charge in [0.2, 0.25) is 0 Å². The summed E-state index contributed by atoms with van der Waals surface area (Å²) in [4.78, 5) is 21.0. The van der Waals surface area contributed by atoms with Gasteiger partial charge in [0.1, 0.15) is 6.54 Å². The van der Waals surface area contributed by atoms with Crippen molar-refractivity contribution in [2.45, 2.75) is 6.54 Å². The molecule has 0 aliphatic rings. The fourth-order valence-corrected chi connectivity index (χ4v) is 3.96. The topological polar surface area (TPSA) is 101 Å². The molecule has 0 amide bonds. The average molecular weight is 477 g/mol. The Hall–Kier alpha value is -3.81. The fourth-order valence-electron chi connectivity index (χ4n) is 3.78. The van der Waals surface area contributed by atoms with Gasteiger partial charge in [-0.15, -0.1) is 0 Å². The van der Waals surface area contributed by atoms with Crippen LogP contribution in [0.4, 0.5) is 11.4 Å². The fraction of sp³-hybridized carbons (Fsp3) is 0.154. The lowest BCUT2D eigenvalue weighted by Gasteiger charge is -2.12. The zero-order chi connectivity index (χ0) is 24.2. The van der Waals surface area contributed by atoms with Crippen molar-refractivity contribution in [3.8, 4) is 5.88 Å². The second-order valence-corrected chi connectivity index (χ2v) is 8.67. The van der Waals surface area contributed by atoms with Gasteiger partial charge in [-0.3, -0.25) is 4.79 Å². The normalized spacial score (nSPS) is 11.8. The Morgan fingerprint density at radius 3 is 2.56 bits per heavy atom. The molecule has 4 N–H and O–H groups in total. The van der Waals surface area contributed by atoms with Crippen LogP contribution in [-0.2, 0) is 11.3 Å². The van der Waals surface area contributed by atoms with E-state index in [-0.39, 0.29) is 12.4 Å². The van der Waals surface area contributed by atoms with Crippen LogP contribution in [0.5, 0.6) is 5.88 Å². The van der Waals surface area contributed by atoms with Gasteiger partial charge >= 0.3 is 5.97 Å². The number of anilines is 1. The number of halogens is 1. The summed E-state index contributed by atoms with van der Waals surface area (Å²) in [6, 6.07) is 20.6. The molecule has 0 aliphatic heterocycles. The van der Waals surface area contributed by atoms with E-state index in [0.29, 0.717) is 27.5 Å². The maximum Gasteiger partial charge on any atom is 0.322 e. The molecule has 7 nitrogen and oxygen atoms in total. The van der Waals surface area contributed by atoms with Gasteiger partial charge in [0.05, 0.1) is 22.5 Å². The van der Waals surface area contributed by atoms with Crippen LogP contribution in [0.2, 0.25) is 5.02 Å². The van der Waals surface area contributed by atoms with Gasteiger partial charge in [-0.05, 0) is 56.1 Å². The Labute approximate surface area is 202 Å². The minimum atomic E-state index is -0.955. The van der Waals surface area contributed by atoms with Crippen LogP contribution in [0.15, 0.2) is 71.7 Å². The third-order valence-electron chi connectivity index (χ3n) is 5.23.